The molecule has 0 amide bonds. The lowest BCUT2D eigenvalue weighted by molar-refractivity contribution is 0.174. The standard InChI is InChI=1S/C15H14ClN3O2S/c1-9-4-14(17-7-11(9)16)19-15(22)18-6-10-2-3-12-13(5-10)21-8-20-12/h2-5,7H,6,8H2,1H3,(H2,17,18,19,22). The van der Waals surface area contributed by atoms with Crippen LogP contribution in [0, 0.1) is 6.92 Å². The van der Waals surface area contributed by atoms with Gasteiger partial charge in [0.1, 0.15) is 5.82 Å². The van der Waals surface area contributed by atoms with Gasteiger partial charge in [-0.15, -0.1) is 0 Å². The number of thiocarbonyl (C=S) groups is 1. The van der Waals surface area contributed by atoms with Crippen LogP contribution in [0.2, 0.25) is 5.02 Å². The molecule has 0 saturated heterocycles. The van der Waals surface area contributed by atoms with Gasteiger partial charge < -0.3 is 20.1 Å². The fourth-order valence-electron chi connectivity index (χ4n) is 2.00. The van der Waals surface area contributed by atoms with Crippen LogP contribution < -0.4 is 20.1 Å². The Labute approximate surface area is 138 Å². The van der Waals surface area contributed by atoms with Gasteiger partial charge >= 0.3 is 0 Å². The van der Waals surface area contributed by atoms with Crippen LogP contribution in [0.5, 0.6) is 11.5 Å². The Kier molecular flexibility index (Phi) is 4.31. The molecule has 2 N–H and O–H groups in total. The number of halogens is 1. The third kappa shape index (κ3) is 3.40. The molecule has 114 valence electrons. The lowest BCUT2D eigenvalue weighted by Crippen LogP contribution is -2.28. The summed E-state index contributed by atoms with van der Waals surface area (Å²) < 4.78 is 10.6. The summed E-state index contributed by atoms with van der Waals surface area (Å²) in [5, 5.41) is 7.27. The summed E-state index contributed by atoms with van der Waals surface area (Å²) >= 11 is 11.2. The second kappa shape index (κ2) is 6.37. The van der Waals surface area contributed by atoms with E-state index in [9.17, 15) is 0 Å². The first kappa shape index (κ1) is 14.9. The zero-order chi connectivity index (χ0) is 15.5. The molecule has 2 heterocycles. The number of hydrogen-bond acceptors (Lipinski definition) is 4. The molecule has 22 heavy (non-hydrogen) atoms. The van der Waals surface area contributed by atoms with Crippen LogP contribution in [-0.4, -0.2) is 16.9 Å². The van der Waals surface area contributed by atoms with E-state index in [1.165, 1.54) is 0 Å². The van der Waals surface area contributed by atoms with Gasteiger partial charge in [-0.05, 0) is 48.5 Å². The van der Waals surface area contributed by atoms with Gasteiger partial charge in [0.2, 0.25) is 6.79 Å². The lowest BCUT2D eigenvalue weighted by Gasteiger charge is -2.11. The fourth-order valence-corrected chi connectivity index (χ4v) is 2.28. The van der Waals surface area contributed by atoms with Crippen molar-refractivity contribution in [2.24, 2.45) is 0 Å². The average molecular weight is 336 g/mol. The monoisotopic (exact) mass is 335 g/mol. The minimum atomic E-state index is 0.272. The van der Waals surface area contributed by atoms with Gasteiger partial charge in [-0.3, -0.25) is 0 Å². The van der Waals surface area contributed by atoms with Crippen LogP contribution in [0.3, 0.4) is 0 Å². The van der Waals surface area contributed by atoms with Crippen molar-refractivity contribution in [2.75, 3.05) is 12.1 Å². The number of anilines is 1. The molecular weight excluding hydrogens is 322 g/mol. The molecule has 0 aliphatic carbocycles. The van der Waals surface area contributed by atoms with Crippen molar-refractivity contribution in [3.8, 4) is 11.5 Å². The van der Waals surface area contributed by atoms with Gasteiger partial charge in [0.25, 0.3) is 0 Å². The van der Waals surface area contributed by atoms with Crippen molar-refractivity contribution in [3.63, 3.8) is 0 Å². The highest BCUT2D eigenvalue weighted by molar-refractivity contribution is 7.80. The number of hydrogen-bond donors (Lipinski definition) is 2. The summed E-state index contributed by atoms with van der Waals surface area (Å²) in [5.74, 6) is 2.18. The number of pyridine rings is 1. The molecular formula is C15H14ClN3O2S. The van der Waals surface area contributed by atoms with Crippen molar-refractivity contribution < 1.29 is 9.47 Å². The first-order valence-electron chi connectivity index (χ1n) is 6.67. The molecule has 7 heteroatoms. The highest BCUT2D eigenvalue weighted by Crippen LogP contribution is 2.32. The third-order valence-electron chi connectivity index (χ3n) is 3.18. The van der Waals surface area contributed by atoms with Crippen molar-refractivity contribution in [1.82, 2.24) is 10.3 Å². The molecule has 0 saturated carbocycles. The molecule has 0 atom stereocenters. The molecule has 0 spiro atoms. The average Bonchev–Trinajstić information content (AvgIpc) is 2.96. The predicted molar refractivity (Wildman–Crippen MR) is 89.6 cm³/mol. The Bertz CT molecular complexity index is 724. The molecule has 1 aromatic carbocycles. The van der Waals surface area contributed by atoms with E-state index in [2.05, 4.69) is 15.6 Å². The highest BCUT2D eigenvalue weighted by Gasteiger charge is 2.13. The summed E-state index contributed by atoms with van der Waals surface area (Å²) in [6.07, 6.45) is 1.60. The highest BCUT2D eigenvalue weighted by atomic mass is 35.5. The molecule has 1 aliphatic heterocycles. The number of rotatable bonds is 3. The Hall–Kier alpha value is -2.05. The van der Waals surface area contributed by atoms with Gasteiger partial charge in [0.15, 0.2) is 16.6 Å². The molecule has 0 radical (unpaired) electrons. The van der Waals surface area contributed by atoms with E-state index >= 15 is 0 Å². The summed E-state index contributed by atoms with van der Waals surface area (Å²) in [6, 6.07) is 7.63. The summed E-state index contributed by atoms with van der Waals surface area (Å²) in [4.78, 5) is 4.17. The van der Waals surface area contributed by atoms with Gasteiger partial charge in [0.05, 0.1) is 5.02 Å². The number of ether oxygens (including phenoxy) is 2. The lowest BCUT2D eigenvalue weighted by atomic mass is 10.2. The van der Waals surface area contributed by atoms with Crippen molar-refractivity contribution in [3.05, 3.63) is 46.6 Å². The zero-order valence-electron chi connectivity index (χ0n) is 11.9. The van der Waals surface area contributed by atoms with Crippen LogP contribution in [0.1, 0.15) is 11.1 Å². The molecule has 1 aliphatic rings. The molecule has 1 aromatic heterocycles. The maximum Gasteiger partial charge on any atom is 0.231 e. The van der Waals surface area contributed by atoms with Crippen LogP contribution in [-0.2, 0) is 6.54 Å². The van der Waals surface area contributed by atoms with E-state index in [-0.39, 0.29) is 6.79 Å². The van der Waals surface area contributed by atoms with E-state index in [1.54, 1.807) is 6.20 Å². The molecule has 5 nitrogen and oxygen atoms in total. The van der Waals surface area contributed by atoms with Crippen molar-refractivity contribution in [1.29, 1.82) is 0 Å². The first-order valence-corrected chi connectivity index (χ1v) is 7.46. The predicted octanol–water partition coefficient (Wildman–Crippen LogP) is 3.26. The minimum absolute atomic E-state index is 0.272. The number of nitrogens with one attached hydrogen (secondary N) is 2. The van der Waals surface area contributed by atoms with Crippen LogP contribution in [0.25, 0.3) is 0 Å². The number of fused-ring (bicyclic) bond motifs is 1. The second-order valence-electron chi connectivity index (χ2n) is 4.81. The fraction of sp³-hybridized carbons (Fsp3) is 0.200. The third-order valence-corrected chi connectivity index (χ3v) is 3.82. The zero-order valence-corrected chi connectivity index (χ0v) is 13.4. The maximum absolute atomic E-state index is 5.94. The molecule has 0 unspecified atom stereocenters. The van der Waals surface area contributed by atoms with Gasteiger partial charge in [-0.1, -0.05) is 17.7 Å². The van der Waals surface area contributed by atoms with Gasteiger partial charge in [0, 0.05) is 12.7 Å². The summed E-state index contributed by atoms with van der Waals surface area (Å²) in [7, 11) is 0. The molecule has 2 aromatic rings. The van der Waals surface area contributed by atoms with Gasteiger partial charge in [-0.2, -0.15) is 0 Å². The Morgan fingerprint density at radius 1 is 1.32 bits per heavy atom. The van der Waals surface area contributed by atoms with E-state index in [0.29, 0.717) is 22.5 Å². The van der Waals surface area contributed by atoms with Crippen LogP contribution in [0.4, 0.5) is 5.82 Å². The normalized spacial score (nSPS) is 12.1. The van der Waals surface area contributed by atoms with E-state index in [1.807, 2.05) is 31.2 Å². The smallest absolute Gasteiger partial charge is 0.231 e. The quantitative estimate of drug-likeness (QED) is 0.840. The van der Waals surface area contributed by atoms with E-state index in [0.717, 1.165) is 22.6 Å². The summed E-state index contributed by atoms with van der Waals surface area (Å²) in [5.41, 5.74) is 1.99. The number of nitrogens with zero attached hydrogens (tertiary/aromatic N) is 1. The number of benzene rings is 1. The van der Waals surface area contributed by atoms with Crippen LogP contribution >= 0.6 is 23.8 Å². The Morgan fingerprint density at radius 2 is 2.14 bits per heavy atom. The largest absolute Gasteiger partial charge is 0.454 e. The summed E-state index contributed by atoms with van der Waals surface area (Å²) in [6.45, 7) is 2.76. The van der Waals surface area contributed by atoms with Gasteiger partial charge in [-0.25, -0.2) is 4.98 Å². The SMILES string of the molecule is Cc1cc(NC(=S)NCc2ccc3c(c2)OCO3)ncc1Cl. The number of aromatic nitrogens is 1. The number of aryl methyl sites for hydroxylation is 1. The first-order chi connectivity index (χ1) is 10.6. The van der Waals surface area contributed by atoms with Crippen molar-refractivity contribution >= 4 is 34.7 Å². The molecule has 0 fully saturated rings. The molecule has 3 rings (SSSR count). The minimum Gasteiger partial charge on any atom is -0.454 e. The Morgan fingerprint density at radius 3 is 2.95 bits per heavy atom. The van der Waals surface area contributed by atoms with Crippen molar-refractivity contribution in [2.45, 2.75) is 13.5 Å². The van der Waals surface area contributed by atoms with Crippen LogP contribution in [0.15, 0.2) is 30.5 Å². The van der Waals surface area contributed by atoms with E-state index < -0.39 is 0 Å². The topological polar surface area (TPSA) is 55.4 Å². The Balaban J connectivity index is 1.57. The molecule has 0 bridgehead atoms. The maximum atomic E-state index is 5.94. The second-order valence-corrected chi connectivity index (χ2v) is 5.63. The van der Waals surface area contributed by atoms with E-state index in [4.69, 9.17) is 33.3 Å².